The van der Waals surface area contributed by atoms with E-state index < -0.39 is 0 Å². The SMILES string of the molecule is COC1(Cc2ccc(C(N)=NO)nc2C)CC1. The number of hydrogen-bond acceptors (Lipinski definition) is 4. The Balaban J connectivity index is 2.20. The van der Waals surface area contributed by atoms with Crippen LogP contribution < -0.4 is 5.73 Å². The van der Waals surface area contributed by atoms with Crippen LogP contribution in [0.15, 0.2) is 17.3 Å². The standard InChI is InChI=1S/C12H17N3O2/c1-8-9(7-12(17-2)5-6-12)3-4-10(14-8)11(13)15-16/h3-4,16H,5-7H2,1-2H3,(H2,13,15). The maximum atomic E-state index is 8.59. The highest BCUT2D eigenvalue weighted by molar-refractivity contribution is 5.95. The van der Waals surface area contributed by atoms with Gasteiger partial charge in [-0.15, -0.1) is 0 Å². The molecule has 0 atom stereocenters. The molecule has 5 heteroatoms. The molecule has 5 nitrogen and oxygen atoms in total. The predicted molar refractivity (Wildman–Crippen MR) is 64.2 cm³/mol. The molecular formula is C12H17N3O2. The number of rotatable bonds is 4. The molecule has 0 saturated heterocycles. The molecule has 0 bridgehead atoms. The summed E-state index contributed by atoms with van der Waals surface area (Å²) in [6.07, 6.45) is 3.08. The first-order chi connectivity index (χ1) is 8.10. The molecule has 17 heavy (non-hydrogen) atoms. The lowest BCUT2D eigenvalue weighted by Crippen LogP contribution is -2.18. The topological polar surface area (TPSA) is 80.7 Å². The molecular weight excluding hydrogens is 218 g/mol. The fourth-order valence-electron chi connectivity index (χ4n) is 1.91. The maximum Gasteiger partial charge on any atom is 0.188 e. The van der Waals surface area contributed by atoms with E-state index in [-0.39, 0.29) is 11.4 Å². The van der Waals surface area contributed by atoms with E-state index in [4.69, 9.17) is 15.7 Å². The van der Waals surface area contributed by atoms with Crippen molar-refractivity contribution in [2.75, 3.05) is 7.11 Å². The normalized spacial score (nSPS) is 18.1. The van der Waals surface area contributed by atoms with Gasteiger partial charge < -0.3 is 15.7 Å². The average Bonchev–Trinajstić information content (AvgIpc) is 3.11. The van der Waals surface area contributed by atoms with Gasteiger partial charge in [-0.3, -0.25) is 0 Å². The minimum Gasteiger partial charge on any atom is -0.409 e. The zero-order valence-corrected chi connectivity index (χ0v) is 10.1. The van der Waals surface area contributed by atoms with Gasteiger partial charge in [0.05, 0.1) is 5.60 Å². The fraction of sp³-hybridized carbons (Fsp3) is 0.500. The molecule has 0 spiro atoms. The summed E-state index contributed by atoms with van der Waals surface area (Å²) in [5.74, 6) is 0.0347. The smallest absolute Gasteiger partial charge is 0.188 e. The van der Waals surface area contributed by atoms with Crippen LogP contribution in [0.1, 0.15) is 29.8 Å². The number of ether oxygens (including phenoxy) is 1. The summed E-state index contributed by atoms with van der Waals surface area (Å²) >= 11 is 0. The van der Waals surface area contributed by atoms with E-state index in [1.807, 2.05) is 13.0 Å². The number of hydrogen-bond donors (Lipinski definition) is 2. The molecule has 0 radical (unpaired) electrons. The zero-order valence-electron chi connectivity index (χ0n) is 10.1. The van der Waals surface area contributed by atoms with Crippen LogP contribution in [0.3, 0.4) is 0 Å². The van der Waals surface area contributed by atoms with Gasteiger partial charge in [0.1, 0.15) is 5.69 Å². The van der Waals surface area contributed by atoms with Crippen LogP contribution in [0.25, 0.3) is 0 Å². The lowest BCUT2D eigenvalue weighted by atomic mass is 10.0. The molecule has 1 heterocycles. The fourth-order valence-corrected chi connectivity index (χ4v) is 1.91. The van der Waals surface area contributed by atoms with Crippen molar-refractivity contribution in [2.45, 2.75) is 31.8 Å². The van der Waals surface area contributed by atoms with Crippen LogP contribution in [0.5, 0.6) is 0 Å². The number of aromatic nitrogens is 1. The first-order valence-electron chi connectivity index (χ1n) is 5.60. The summed E-state index contributed by atoms with van der Waals surface area (Å²) in [4.78, 5) is 4.32. The Labute approximate surface area is 100 Å². The predicted octanol–water partition coefficient (Wildman–Crippen LogP) is 1.21. The summed E-state index contributed by atoms with van der Waals surface area (Å²) in [5, 5.41) is 11.5. The van der Waals surface area contributed by atoms with E-state index in [2.05, 4.69) is 10.1 Å². The molecule has 1 aromatic rings. The van der Waals surface area contributed by atoms with Crippen LogP contribution in [-0.4, -0.2) is 28.7 Å². The van der Waals surface area contributed by atoms with E-state index >= 15 is 0 Å². The van der Waals surface area contributed by atoms with Crippen LogP contribution in [-0.2, 0) is 11.2 Å². The van der Waals surface area contributed by atoms with Gasteiger partial charge in [-0.2, -0.15) is 0 Å². The summed E-state index contributed by atoms with van der Waals surface area (Å²) in [6.45, 7) is 1.93. The molecule has 0 unspecified atom stereocenters. The van der Waals surface area contributed by atoms with E-state index in [9.17, 15) is 0 Å². The van der Waals surface area contributed by atoms with Crippen molar-refractivity contribution in [3.63, 3.8) is 0 Å². The van der Waals surface area contributed by atoms with Crippen LogP contribution in [0.2, 0.25) is 0 Å². The van der Waals surface area contributed by atoms with Gasteiger partial charge in [-0.05, 0) is 31.4 Å². The number of amidine groups is 1. The Morgan fingerprint density at radius 1 is 1.59 bits per heavy atom. The number of nitrogens with zero attached hydrogens (tertiary/aromatic N) is 2. The number of oxime groups is 1. The minimum absolute atomic E-state index is 0.0184. The number of aryl methyl sites for hydroxylation is 1. The molecule has 3 N–H and O–H groups in total. The Kier molecular flexibility index (Phi) is 3.02. The van der Waals surface area contributed by atoms with Crippen molar-refractivity contribution in [3.05, 3.63) is 29.1 Å². The molecule has 92 valence electrons. The Bertz CT molecular complexity index is 453. The van der Waals surface area contributed by atoms with E-state index in [1.54, 1.807) is 13.2 Å². The number of methoxy groups -OCH3 is 1. The number of pyridine rings is 1. The van der Waals surface area contributed by atoms with Gasteiger partial charge in [0.25, 0.3) is 0 Å². The van der Waals surface area contributed by atoms with Gasteiger partial charge in [0.2, 0.25) is 0 Å². The van der Waals surface area contributed by atoms with Crippen LogP contribution in [0.4, 0.5) is 0 Å². The third-order valence-corrected chi connectivity index (χ3v) is 3.32. The molecule has 0 aliphatic heterocycles. The molecule has 2 rings (SSSR count). The Morgan fingerprint density at radius 2 is 2.29 bits per heavy atom. The minimum atomic E-state index is 0.0184. The highest BCUT2D eigenvalue weighted by Crippen LogP contribution is 2.42. The first kappa shape index (κ1) is 11.9. The third kappa shape index (κ3) is 2.39. The van der Waals surface area contributed by atoms with Crippen molar-refractivity contribution < 1.29 is 9.94 Å². The summed E-state index contributed by atoms with van der Waals surface area (Å²) in [7, 11) is 1.75. The quantitative estimate of drug-likeness (QED) is 0.356. The monoisotopic (exact) mass is 235 g/mol. The lowest BCUT2D eigenvalue weighted by Gasteiger charge is -2.14. The second-order valence-electron chi connectivity index (χ2n) is 4.49. The molecule has 1 saturated carbocycles. The molecule has 1 aromatic heterocycles. The van der Waals surface area contributed by atoms with E-state index in [1.165, 1.54) is 0 Å². The summed E-state index contributed by atoms with van der Waals surface area (Å²) in [6, 6.07) is 3.73. The molecule has 0 amide bonds. The van der Waals surface area contributed by atoms with Crippen LogP contribution in [0, 0.1) is 6.92 Å². The molecule has 1 aliphatic carbocycles. The van der Waals surface area contributed by atoms with Gasteiger partial charge in [-0.1, -0.05) is 11.2 Å². The second-order valence-corrected chi connectivity index (χ2v) is 4.49. The average molecular weight is 235 g/mol. The van der Waals surface area contributed by atoms with Gasteiger partial charge in [0.15, 0.2) is 5.84 Å². The molecule has 1 fully saturated rings. The largest absolute Gasteiger partial charge is 0.409 e. The van der Waals surface area contributed by atoms with E-state index in [0.717, 1.165) is 30.5 Å². The molecule has 0 aromatic carbocycles. The van der Waals surface area contributed by atoms with E-state index in [0.29, 0.717) is 5.69 Å². The Hall–Kier alpha value is -1.62. The van der Waals surface area contributed by atoms with Gasteiger partial charge >= 0.3 is 0 Å². The zero-order chi connectivity index (χ0) is 12.5. The summed E-state index contributed by atoms with van der Waals surface area (Å²) in [5.41, 5.74) is 8.06. The summed E-state index contributed by atoms with van der Waals surface area (Å²) < 4.78 is 5.49. The van der Waals surface area contributed by atoms with Crippen molar-refractivity contribution in [2.24, 2.45) is 10.9 Å². The maximum absolute atomic E-state index is 8.59. The number of nitrogens with two attached hydrogens (primary N) is 1. The highest BCUT2D eigenvalue weighted by Gasteiger charge is 2.43. The van der Waals surface area contributed by atoms with Gasteiger partial charge in [-0.25, -0.2) is 4.98 Å². The second kappa shape index (κ2) is 4.33. The highest BCUT2D eigenvalue weighted by atomic mass is 16.5. The first-order valence-corrected chi connectivity index (χ1v) is 5.60. The van der Waals surface area contributed by atoms with Crippen LogP contribution >= 0.6 is 0 Å². The van der Waals surface area contributed by atoms with Crippen molar-refractivity contribution in [1.82, 2.24) is 4.98 Å². The Morgan fingerprint density at radius 3 is 2.76 bits per heavy atom. The van der Waals surface area contributed by atoms with Crippen molar-refractivity contribution >= 4 is 5.84 Å². The van der Waals surface area contributed by atoms with Crippen molar-refractivity contribution in [3.8, 4) is 0 Å². The third-order valence-electron chi connectivity index (χ3n) is 3.32. The lowest BCUT2D eigenvalue weighted by molar-refractivity contribution is 0.0805. The van der Waals surface area contributed by atoms with Gasteiger partial charge in [0, 0.05) is 19.2 Å². The van der Waals surface area contributed by atoms with Crippen molar-refractivity contribution in [1.29, 1.82) is 0 Å². The molecule has 1 aliphatic rings.